The molecule has 0 atom stereocenters. The Bertz CT molecular complexity index is 456. The van der Waals surface area contributed by atoms with Crippen LogP contribution in [0.1, 0.15) is 36.8 Å². The minimum atomic E-state index is 0.289. The average molecular weight is 268 g/mol. The molecule has 1 aromatic carbocycles. The zero-order valence-electron chi connectivity index (χ0n) is 10.6. The fraction of sp³-hybridized carbons (Fsp3) is 0.571. The van der Waals surface area contributed by atoms with E-state index >= 15 is 0 Å². The normalized spacial score (nSPS) is 19.2. The third kappa shape index (κ3) is 1.95. The van der Waals surface area contributed by atoms with Crippen LogP contribution in [0.15, 0.2) is 6.07 Å². The number of rotatable bonds is 2. The van der Waals surface area contributed by atoms with Crippen LogP contribution in [-0.2, 0) is 6.42 Å². The van der Waals surface area contributed by atoms with Crippen LogP contribution < -0.4 is 14.8 Å². The lowest BCUT2D eigenvalue weighted by molar-refractivity contribution is 0.173. The molecule has 0 aromatic heterocycles. The summed E-state index contributed by atoms with van der Waals surface area (Å²) < 4.78 is 11.1. The zero-order chi connectivity index (χ0) is 12.5. The smallest absolute Gasteiger partial charge is 0.231 e. The van der Waals surface area contributed by atoms with Gasteiger partial charge in [0.2, 0.25) is 6.79 Å². The summed E-state index contributed by atoms with van der Waals surface area (Å²) in [4.78, 5) is 0. The average Bonchev–Trinajstić information content (AvgIpc) is 2.89. The highest BCUT2D eigenvalue weighted by Crippen LogP contribution is 2.46. The van der Waals surface area contributed by atoms with Crippen molar-refractivity contribution in [1.29, 1.82) is 0 Å². The van der Waals surface area contributed by atoms with Gasteiger partial charge < -0.3 is 14.8 Å². The maximum Gasteiger partial charge on any atom is 0.231 e. The lowest BCUT2D eigenvalue weighted by Gasteiger charge is -2.25. The molecule has 0 radical (unpaired) electrons. The first-order chi connectivity index (χ1) is 8.81. The molecule has 1 fully saturated rings. The van der Waals surface area contributed by atoms with E-state index in [4.69, 9.17) is 21.1 Å². The van der Waals surface area contributed by atoms with E-state index in [1.54, 1.807) is 0 Å². The Hall–Kier alpha value is -0.930. The highest BCUT2D eigenvalue weighted by molar-refractivity contribution is 6.32. The van der Waals surface area contributed by atoms with Gasteiger partial charge in [-0.3, -0.25) is 0 Å². The third-order valence-corrected chi connectivity index (χ3v) is 4.15. The maximum atomic E-state index is 6.30. The van der Waals surface area contributed by atoms with Gasteiger partial charge in [-0.15, -0.1) is 0 Å². The molecule has 1 saturated heterocycles. The van der Waals surface area contributed by atoms with Crippen molar-refractivity contribution < 1.29 is 9.47 Å². The van der Waals surface area contributed by atoms with E-state index < -0.39 is 0 Å². The molecule has 0 saturated carbocycles. The van der Waals surface area contributed by atoms with E-state index in [1.807, 2.05) is 0 Å². The molecule has 1 N–H and O–H groups in total. The zero-order valence-corrected chi connectivity index (χ0v) is 11.3. The molecule has 0 aliphatic carbocycles. The Morgan fingerprint density at radius 1 is 1.28 bits per heavy atom. The molecule has 18 heavy (non-hydrogen) atoms. The molecule has 0 bridgehead atoms. The third-order valence-electron chi connectivity index (χ3n) is 3.87. The van der Waals surface area contributed by atoms with Crippen molar-refractivity contribution in [1.82, 2.24) is 5.32 Å². The van der Waals surface area contributed by atoms with Crippen LogP contribution in [0, 0.1) is 0 Å². The second-order valence-corrected chi connectivity index (χ2v) is 5.28. The van der Waals surface area contributed by atoms with Crippen molar-refractivity contribution in [2.24, 2.45) is 0 Å². The molecule has 0 unspecified atom stereocenters. The largest absolute Gasteiger partial charge is 0.453 e. The molecular formula is C14H18ClNO2. The fourth-order valence-corrected chi connectivity index (χ4v) is 3.22. The summed E-state index contributed by atoms with van der Waals surface area (Å²) in [6.45, 7) is 4.62. The predicted octanol–water partition coefficient (Wildman–Crippen LogP) is 3.10. The maximum absolute atomic E-state index is 6.30. The highest BCUT2D eigenvalue weighted by Gasteiger charge is 2.27. The number of nitrogens with one attached hydrogen (secondary N) is 1. The Morgan fingerprint density at radius 2 is 2.00 bits per heavy atom. The molecule has 3 nitrogen and oxygen atoms in total. The van der Waals surface area contributed by atoms with E-state index in [9.17, 15) is 0 Å². The lowest BCUT2D eigenvalue weighted by Crippen LogP contribution is -2.27. The first-order valence-corrected chi connectivity index (χ1v) is 7.00. The quantitative estimate of drug-likeness (QED) is 0.893. The number of benzene rings is 1. The van der Waals surface area contributed by atoms with Gasteiger partial charge in [0.1, 0.15) is 0 Å². The SMILES string of the molecule is CCc1c(C2CCNCC2)cc(Cl)c2c1OCO2. The van der Waals surface area contributed by atoms with Gasteiger partial charge >= 0.3 is 0 Å². The molecule has 98 valence electrons. The Kier molecular flexibility index (Phi) is 3.35. The standard InChI is InChI=1S/C14H18ClNO2/c1-2-10-11(9-3-5-16-6-4-9)7-12(15)14-13(10)17-8-18-14/h7,9,16H,2-6,8H2,1H3. The predicted molar refractivity (Wildman–Crippen MR) is 71.8 cm³/mol. The molecular weight excluding hydrogens is 250 g/mol. The Morgan fingerprint density at radius 3 is 2.72 bits per heavy atom. The summed E-state index contributed by atoms with van der Waals surface area (Å²) >= 11 is 6.30. The van der Waals surface area contributed by atoms with Gasteiger partial charge in [-0.1, -0.05) is 18.5 Å². The minimum Gasteiger partial charge on any atom is -0.453 e. The van der Waals surface area contributed by atoms with Crippen LogP contribution >= 0.6 is 11.6 Å². The molecule has 2 aliphatic heterocycles. The van der Waals surface area contributed by atoms with E-state index in [1.165, 1.54) is 24.0 Å². The van der Waals surface area contributed by atoms with Crippen molar-refractivity contribution in [2.45, 2.75) is 32.1 Å². The molecule has 4 heteroatoms. The first-order valence-electron chi connectivity index (χ1n) is 6.62. The van der Waals surface area contributed by atoms with Crippen molar-refractivity contribution in [3.05, 3.63) is 22.2 Å². The second-order valence-electron chi connectivity index (χ2n) is 4.87. The summed E-state index contributed by atoms with van der Waals surface area (Å²) in [7, 11) is 0. The molecule has 2 heterocycles. The molecule has 0 spiro atoms. The monoisotopic (exact) mass is 267 g/mol. The summed E-state index contributed by atoms with van der Waals surface area (Å²) in [5.74, 6) is 2.19. The van der Waals surface area contributed by atoms with Crippen molar-refractivity contribution in [3.63, 3.8) is 0 Å². The topological polar surface area (TPSA) is 30.5 Å². The van der Waals surface area contributed by atoms with E-state index in [0.29, 0.717) is 10.9 Å². The Labute approximate surface area is 112 Å². The van der Waals surface area contributed by atoms with E-state index in [0.717, 1.165) is 31.0 Å². The number of fused-ring (bicyclic) bond motifs is 1. The van der Waals surface area contributed by atoms with Crippen LogP contribution in [0.4, 0.5) is 0 Å². The minimum absolute atomic E-state index is 0.289. The van der Waals surface area contributed by atoms with E-state index in [2.05, 4.69) is 18.3 Å². The van der Waals surface area contributed by atoms with Crippen LogP contribution in [0.3, 0.4) is 0 Å². The first kappa shape index (κ1) is 12.1. The fourth-order valence-electron chi connectivity index (χ4n) is 2.96. The van der Waals surface area contributed by atoms with Crippen LogP contribution in [0.5, 0.6) is 11.5 Å². The second kappa shape index (κ2) is 4.98. The van der Waals surface area contributed by atoms with Crippen molar-refractivity contribution in [2.75, 3.05) is 19.9 Å². The van der Waals surface area contributed by atoms with Crippen LogP contribution in [0.25, 0.3) is 0 Å². The van der Waals surface area contributed by atoms with E-state index in [-0.39, 0.29) is 6.79 Å². The molecule has 0 amide bonds. The van der Waals surface area contributed by atoms with Crippen molar-refractivity contribution >= 4 is 11.6 Å². The molecule has 2 aliphatic rings. The summed E-state index contributed by atoms with van der Waals surface area (Å²) in [6.07, 6.45) is 3.30. The van der Waals surface area contributed by atoms with Crippen molar-refractivity contribution in [3.8, 4) is 11.5 Å². The lowest BCUT2D eigenvalue weighted by atomic mass is 9.86. The number of hydrogen-bond acceptors (Lipinski definition) is 3. The van der Waals surface area contributed by atoms with Gasteiger partial charge in [-0.25, -0.2) is 0 Å². The van der Waals surface area contributed by atoms with Gasteiger partial charge in [-0.05, 0) is 49.9 Å². The molecule has 1 aromatic rings. The highest BCUT2D eigenvalue weighted by atomic mass is 35.5. The number of halogens is 1. The Balaban J connectivity index is 2.05. The number of piperidine rings is 1. The van der Waals surface area contributed by atoms with Gasteiger partial charge in [0.25, 0.3) is 0 Å². The molecule has 3 rings (SSSR count). The summed E-state index contributed by atoms with van der Waals surface area (Å²) in [6, 6.07) is 2.09. The summed E-state index contributed by atoms with van der Waals surface area (Å²) in [5.41, 5.74) is 2.63. The number of ether oxygens (including phenoxy) is 2. The summed E-state index contributed by atoms with van der Waals surface area (Å²) in [5, 5.41) is 4.09. The van der Waals surface area contributed by atoms with Gasteiger partial charge in [0.05, 0.1) is 5.02 Å². The van der Waals surface area contributed by atoms with Crippen LogP contribution in [0.2, 0.25) is 5.02 Å². The van der Waals surface area contributed by atoms with Gasteiger partial charge in [-0.2, -0.15) is 0 Å². The van der Waals surface area contributed by atoms with Gasteiger partial charge in [0.15, 0.2) is 11.5 Å². The van der Waals surface area contributed by atoms with Crippen LogP contribution in [-0.4, -0.2) is 19.9 Å². The number of hydrogen-bond donors (Lipinski definition) is 1. The van der Waals surface area contributed by atoms with Gasteiger partial charge in [0, 0.05) is 5.56 Å².